The van der Waals surface area contributed by atoms with Gasteiger partial charge in [0.05, 0.1) is 4.92 Å². The van der Waals surface area contributed by atoms with Gasteiger partial charge in [0.1, 0.15) is 6.33 Å². The molecule has 0 unspecified atom stereocenters. The molecule has 0 amide bonds. The van der Waals surface area contributed by atoms with Crippen molar-refractivity contribution >= 4 is 28.7 Å². The maximum Gasteiger partial charge on any atom is 0.353 e. The zero-order valence-corrected chi connectivity index (χ0v) is 13.5. The van der Waals surface area contributed by atoms with Gasteiger partial charge in [0, 0.05) is 24.5 Å². The summed E-state index contributed by atoms with van der Waals surface area (Å²) in [6.07, 6.45) is 2.17. The molecular formula is C14H19N5O2S. The molecule has 2 aromatic rings. The average Bonchev–Trinajstić information content (AvgIpc) is 3.02. The predicted molar refractivity (Wildman–Crippen MR) is 88.8 cm³/mol. The standard InChI is InChI=1S/C14H19N5O2S/c1-3-18(4-2)14-12(19(20)21)13(16-10-17-14)15-8-7-11-6-5-9-22-11/h5-6,9-10H,3-4,7-8H2,1-2H3,(H,15,16,17). The van der Waals surface area contributed by atoms with Gasteiger partial charge in [-0.15, -0.1) is 11.3 Å². The Morgan fingerprint density at radius 1 is 1.36 bits per heavy atom. The molecule has 0 aromatic carbocycles. The molecule has 22 heavy (non-hydrogen) atoms. The van der Waals surface area contributed by atoms with E-state index in [2.05, 4.69) is 15.3 Å². The van der Waals surface area contributed by atoms with Crippen LogP contribution in [0.5, 0.6) is 0 Å². The second-order valence-corrected chi connectivity index (χ2v) is 5.61. The first kappa shape index (κ1) is 16.2. The first-order valence-corrected chi connectivity index (χ1v) is 8.05. The van der Waals surface area contributed by atoms with Gasteiger partial charge >= 0.3 is 5.69 Å². The number of aromatic nitrogens is 2. The van der Waals surface area contributed by atoms with Crippen LogP contribution in [0.4, 0.5) is 17.3 Å². The molecule has 0 radical (unpaired) electrons. The second-order valence-electron chi connectivity index (χ2n) is 4.58. The van der Waals surface area contributed by atoms with Crippen LogP contribution in [-0.4, -0.2) is 34.5 Å². The van der Waals surface area contributed by atoms with Crippen LogP contribution in [0.25, 0.3) is 0 Å². The van der Waals surface area contributed by atoms with E-state index in [4.69, 9.17) is 0 Å². The van der Waals surface area contributed by atoms with Crippen molar-refractivity contribution < 1.29 is 4.92 Å². The topological polar surface area (TPSA) is 84.2 Å². The first-order chi connectivity index (χ1) is 10.7. The summed E-state index contributed by atoms with van der Waals surface area (Å²) >= 11 is 1.67. The van der Waals surface area contributed by atoms with Crippen LogP contribution in [0, 0.1) is 10.1 Å². The Kier molecular flexibility index (Phi) is 5.65. The van der Waals surface area contributed by atoms with Crippen molar-refractivity contribution in [2.75, 3.05) is 29.9 Å². The summed E-state index contributed by atoms with van der Waals surface area (Å²) in [5, 5.41) is 16.5. The molecule has 2 rings (SSSR count). The lowest BCUT2D eigenvalue weighted by Crippen LogP contribution is -2.24. The molecule has 0 aliphatic heterocycles. The van der Waals surface area contributed by atoms with E-state index in [1.807, 2.05) is 36.3 Å². The maximum atomic E-state index is 11.4. The van der Waals surface area contributed by atoms with Gasteiger partial charge in [0.15, 0.2) is 0 Å². The molecule has 0 fully saturated rings. The van der Waals surface area contributed by atoms with Crippen LogP contribution in [0.2, 0.25) is 0 Å². The molecule has 1 N–H and O–H groups in total. The number of rotatable bonds is 8. The SMILES string of the molecule is CCN(CC)c1ncnc(NCCc2cccs2)c1[N+](=O)[O-]. The van der Waals surface area contributed by atoms with Crippen LogP contribution in [0.1, 0.15) is 18.7 Å². The Bertz CT molecular complexity index is 614. The number of thiophene rings is 1. The van der Waals surface area contributed by atoms with Gasteiger partial charge in [0.2, 0.25) is 11.6 Å². The van der Waals surface area contributed by atoms with E-state index in [-0.39, 0.29) is 11.5 Å². The second kappa shape index (κ2) is 7.69. The third-order valence-electron chi connectivity index (χ3n) is 3.29. The molecule has 2 heterocycles. The van der Waals surface area contributed by atoms with Crippen LogP contribution in [-0.2, 0) is 6.42 Å². The minimum absolute atomic E-state index is 0.0580. The minimum atomic E-state index is -0.416. The Morgan fingerprint density at radius 3 is 2.73 bits per heavy atom. The van der Waals surface area contributed by atoms with Crippen LogP contribution in [0.15, 0.2) is 23.8 Å². The zero-order valence-electron chi connectivity index (χ0n) is 12.7. The third kappa shape index (κ3) is 3.70. The highest BCUT2D eigenvalue weighted by atomic mass is 32.1. The fourth-order valence-electron chi connectivity index (χ4n) is 2.18. The molecule has 118 valence electrons. The summed E-state index contributed by atoms with van der Waals surface area (Å²) < 4.78 is 0. The van der Waals surface area contributed by atoms with Crippen molar-refractivity contribution in [3.63, 3.8) is 0 Å². The fraction of sp³-hybridized carbons (Fsp3) is 0.429. The van der Waals surface area contributed by atoms with Crippen LogP contribution >= 0.6 is 11.3 Å². The molecule has 0 saturated carbocycles. The largest absolute Gasteiger partial charge is 0.364 e. The maximum absolute atomic E-state index is 11.4. The Balaban J connectivity index is 2.19. The van der Waals surface area contributed by atoms with Crippen LogP contribution in [0.3, 0.4) is 0 Å². The van der Waals surface area contributed by atoms with Crippen LogP contribution < -0.4 is 10.2 Å². The molecule has 8 heteroatoms. The minimum Gasteiger partial charge on any atom is -0.364 e. The lowest BCUT2D eigenvalue weighted by atomic mass is 10.3. The molecule has 7 nitrogen and oxygen atoms in total. The lowest BCUT2D eigenvalue weighted by molar-refractivity contribution is -0.383. The average molecular weight is 321 g/mol. The number of hydrogen-bond acceptors (Lipinski definition) is 7. The van der Waals surface area contributed by atoms with Gasteiger partial charge in [-0.2, -0.15) is 0 Å². The molecule has 0 aliphatic rings. The van der Waals surface area contributed by atoms with E-state index in [1.165, 1.54) is 11.2 Å². The Labute approximate surface area is 133 Å². The van der Waals surface area contributed by atoms with E-state index in [1.54, 1.807) is 11.3 Å². The highest BCUT2D eigenvalue weighted by molar-refractivity contribution is 7.09. The highest BCUT2D eigenvalue weighted by Crippen LogP contribution is 2.31. The van der Waals surface area contributed by atoms with Gasteiger partial charge in [-0.3, -0.25) is 10.1 Å². The lowest BCUT2D eigenvalue weighted by Gasteiger charge is -2.19. The van der Waals surface area contributed by atoms with Crippen molar-refractivity contribution in [2.24, 2.45) is 0 Å². The summed E-state index contributed by atoms with van der Waals surface area (Å²) in [7, 11) is 0. The smallest absolute Gasteiger partial charge is 0.353 e. The molecule has 0 spiro atoms. The van der Waals surface area contributed by atoms with Crippen molar-refractivity contribution in [3.8, 4) is 0 Å². The van der Waals surface area contributed by atoms with Crippen molar-refractivity contribution in [1.29, 1.82) is 0 Å². The molecule has 2 aromatic heterocycles. The van der Waals surface area contributed by atoms with Crippen molar-refractivity contribution in [2.45, 2.75) is 20.3 Å². The van der Waals surface area contributed by atoms with Crippen molar-refractivity contribution in [3.05, 3.63) is 38.8 Å². The number of hydrogen-bond donors (Lipinski definition) is 1. The normalized spacial score (nSPS) is 10.5. The third-order valence-corrected chi connectivity index (χ3v) is 4.23. The number of nitro groups is 1. The van der Waals surface area contributed by atoms with Gasteiger partial charge < -0.3 is 10.2 Å². The van der Waals surface area contributed by atoms with E-state index in [9.17, 15) is 10.1 Å². The van der Waals surface area contributed by atoms with E-state index >= 15 is 0 Å². The molecule has 0 saturated heterocycles. The summed E-state index contributed by atoms with van der Waals surface area (Å²) in [5.74, 6) is 0.641. The van der Waals surface area contributed by atoms with Gasteiger partial charge in [-0.25, -0.2) is 9.97 Å². The summed E-state index contributed by atoms with van der Waals surface area (Å²) in [5.41, 5.74) is -0.0580. The Hall–Kier alpha value is -2.22. The Morgan fingerprint density at radius 2 is 2.14 bits per heavy atom. The number of anilines is 2. The molecule has 0 bridgehead atoms. The molecular weight excluding hydrogens is 302 g/mol. The van der Waals surface area contributed by atoms with E-state index < -0.39 is 4.92 Å². The summed E-state index contributed by atoms with van der Waals surface area (Å²) in [6.45, 7) is 5.79. The van der Waals surface area contributed by atoms with Gasteiger partial charge in [-0.05, 0) is 31.7 Å². The summed E-state index contributed by atoms with van der Waals surface area (Å²) in [4.78, 5) is 22.2. The van der Waals surface area contributed by atoms with E-state index in [0.717, 1.165) is 6.42 Å². The highest BCUT2D eigenvalue weighted by Gasteiger charge is 2.25. The number of nitrogens with one attached hydrogen (secondary N) is 1. The molecule has 0 atom stereocenters. The van der Waals surface area contributed by atoms with Gasteiger partial charge in [-0.1, -0.05) is 6.07 Å². The van der Waals surface area contributed by atoms with Crippen molar-refractivity contribution in [1.82, 2.24) is 9.97 Å². The number of nitrogens with zero attached hydrogens (tertiary/aromatic N) is 4. The quantitative estimate of drug-likeness (QED) is 0.594. The predicted octanol–water partition coefficient (Wildman–Crippen LogP) is 2.95. The van der Waals surface area contributed by atoms with E-state index in [0.29, 0.717) is 25.5 Å². The monoisotopic (exact) mass is 321 g/mol. The summed E-state index contributed by atoms with van der Waals surface area (Å²) in [6, 6.07) is 4.04. The first-order valence-electron chi connectivity index (χ1n) is 7.17. The van der Waals surface area contributed by atoms with Gasteiger partial charge in [0.25, 0.3) is 0 Å². The zero-order chi connectivity index (χ0) is 15.9. The fourth-order valence-corrected chi connectivity index (χ4v) is 2.89. The molecule has 0 aliphatic carbocycles.